The molecule has 1 fully saturated rings. The molecule has 0 bridgehead atoms. The lowest BCUT2D eigenvalue weighted by atomic mass is 9.96. The first kappa shape index (κ1) is 15.7. The van der Waals surface area contributed by atoms with Crippen LogP contribution in [-0.2, 0) is 0 Å². The van der Waals surface area contributed by atoms with Crippen molar-refractivity contribution in [2.45, 2.75) is 32.7 Å². The minimum atomic E-state index is -0.477. The lowest BCUT2D eigenvalue weighted by Gasteiger charge is -2.28. The molecule has 1 atom stereocenters. The maximum absolute atomic E-state index is 10.8. The zero-order valence-electron chi connectivity index (χ0n) is 13.1. The Morgan fingerprint density at radius 2 is 2.17 bits per heavy atom. The van der Waals surface area contributed by atoms with Crippen LogP contribution in [0, 0.1) is 24.0 Å². The van der Waals surface area contributed by atoms with Crippen LogP contribution in [0.2, 0.25) is 5.02 Å². The Morgan fingerprint density at radius 1 is 1.39 bits per heavy atom. The Morgan fingerprint density at radius 3 is 2.87 bits per heavy atom. The quantitative estimate of drug-likeness (QED) is 0.609. The highest BCUT2D eigenvalue weighted by molar-refractivity contribution is 6.33. The molecule has 5 nitrogen and oxygen atoms in total. The first-order chi connectivity index (χ1) is 11.0. The first-order valence-corrected chi connectivity index (χ1v) is 7.99. The molecule has 1 aromatic heterocycles. The predicted molar refractivity (Wildman–Crippen MR) is 91.1 cm³/mol. The van der Waals surface area contributed by atoms with Crippen molar-refractivity contribution in [1.82, 2.24) is 4.98 Å². The summed E-state index contributed by atoms with van der Waals surface area (Å²) in [6.07, 6.45) is 3.35. The van der Waals surface area contributed by atoms with Crippen LogP contribution >= 0.6 is 11.6 Å². The number of halogens is 1. The number of hydrogen-bond acceptors (Lipinski definition) is 4. The van der Waals surface area contributed by atoms with Gasteiger partial charge < -0.3 is 4.90 Å². The van der Waals surface area contributed by atoms with Gasteiger partial charge in [0.25, 0.3) is 5.69 Å². The van der Waals surface area contributed by atoms with Crippen LogP contribution in [0.1, 0.15) is 35.6 Å². The summed E-state index contributed by atoms with van der Waals surface area (Å²) in [7, 11) is 0. The van der Waals surface area contributed by atoms with E-state index in [9.17, 15) is 10.1 Å². The van der Waals surface area contributed by atoms with Gasteiger partial charge in [0.15, 0.2) is 0 Å². The second-order valence-electron chi connectivity index (χ2n) is 5.90. The largest absolute Gasteiger partial charge is 0.348 e. The van der Waals surface area contributed by atoms with Gasteiger partial charge in [-0.3, -0.25) is 10.1 Å². The Hall–Kier alpha value is -2.14. The van der Waals surface area contributed by atoms with E-state index >= 15 is 0 Å². The minimum Gasteiger partial charge on any atom is -0.348 e. The third kappa shape index (κ3) is 2.88. The van der Waals surface area contributed by atoms with E-state index < -0.39 is 4.92 Å². The molecule has 1 unspecified atom stereocenters. The molecule has 0 radical (unpaired) electrons. The molecular weight excluding hydrogens is 314 g/mol. The van der Waals surface area contributed by atoms with Crippen molar-refractivity contribution in [3.8, 4) is 0 Å². The monoisotopic (exact) mass is 331 g/mol. The number of pyridine rings is 1. The number of nitrogens with zero attached hydrogens (tertiary/aromatic N) is 3. The van der Waals surface area contributed by atoms with E-state index in [1.54, 1.807) is 0 Å². The molecule has 0 aliphatic carbocycles. The smallest absolute Gasteiger partial charge is 0.289 e. The second kappa shape index (κ2) is 6.16. The SMILES string of the molecule is Cc1cccc(C2CCCN2c2ncc([N+](=O)[O-])cc2Cl)c1C. The van der Waals surface area contributed by atoms with Gasteiger partial charge in [-0.25, -0.2) is 4.98 Å². The van der Waals surface area contributed by atoms with Gasteiger partial charge in [0, 0.05) is 12.6 Å². The first-order valence-electron chi connectivity index (χ1n) is 7.61. The normalized spacial score (nSPS) is 17.5. The molecular formula is C17H18ClN3O2. The van der Waals surface area contributed by atoms with Crippen molar-refractivity contribution in [2.24, 2.45) is 0 Å². The third-order valence-electron chi connectivity index (χ3n) is 4.55. The summed E-state index contributed by atoms with van der Waals surface area (Å²) in [4.78, 5) is 16.8. The summed E-state index contributed by atoms with van der Waals surface area (Å²) in [5.74, 6) is 0.626. The van der Waals surface area contributed by atoms with E-state index in [1.165, 1.54) is 29.0 Å². The lowest BCUT2D eigenvalue weighted by molar-refractivity contribution is -0.385. The Balaban J connectivity index is 1.99. The Kier molecular flexibility index (Phi) is 4.22. The van der Waals surface area contributed by atoms with E-state index in [-0.39, 0.29) is 11.7 Å². The maximum atomic E-state index is 10.8. The van der Waals surface area contributed by atoms with Gasteiger partial charge in [0.1, 0.15) is 12.0 Å². The molecule has 2 aromatic rings. The van der Waals surface area contributed by atoms with Crippen LogP contribution in [0.4, 0.5) is 11.5 Å². The lowest BCUT2D eigenvalue weighted by Crippen LogP contribution is -2.24. The minimum absolute atomic E-state index is 0.0822. The zero-order valence-corrected chi connectivity index (χ0v) is 13.9. The van der Waals surface area contributed by atoms with Crippen molar-refractivity contribution in [1.29, 1.82) is 0 Å². The molecule has 1 aliphatic heterocycles. The summed E-state index contributed by atoms with van der Waals surface area (Å²) >= 11 is 6.27. The topological polar surface area (TPSA) is 59.3 Å². The number of rotatable bonds is 3. The molecule has 1 aliphatic rings. The molecule has 120 valence electrons. The van der Waals surface area contributed by atoms with E-state index in [4.69, 9.17) is 11.6 Å². The van der Waals surface area contributed by atoms with Crippen molar-refractivity contribution >= 4 is 23.1 Å². The predicted octanol–water partition coefficient (Wildman–Crippen LogP) is 4.60. The van der Waals surface area contributed by atoms with Gasteiger partial charge in [0.2, 0.25) is 0 Å². The summed E-state index contributed by atoms with van der Waals surface area (Å²) in [6, 6.07) is 7.91. The third-order valence-corrected chi connectivity index (χ3v) is 4.83. The zero-order chi connectivity index (χ0) is 16.6. The molecule has 0 amide bonds. The molecule has 3 rings (SSSR count). The number of anilines is 1. The van der Waals surface area contributed by atoms with E-state index in [0.717, 1.165) is 19.4 Å². The van der Waals surface area contributed by atoms with Gasteiger partial charge in [-0.15, -0.1) is 0 Å². The number of hydrogen-bond donors (Lipinski definition) is 0. The molecule has 6 heteroatoms. The molecule has 0 N–H and O–H groups in total. The fourth-order valence-corrected chi connectivity index (χ4v) is 3.48. The number of nitro groups is 1. The maximum Gasteiger partial charge on any atom is 0.289 e. The summed E-state index contributed by atoms with van der Waals surface area (Å²) < 4.78 is 0. The van der Waals surface area contributed by atoms with E-state index in [0.29, 0.717) is 10.8 Å². The summed E-state index contributed by atoms with van der Waals surface area (Å²) in [5, 5.41) is 11.2. The van der Waals surface area contributed by atoms with E-state index in [2.05, 4.69) is 41.9 Å². The summed E-state index contributed by atoms with van der Waals surface area (Å²) in [5.41, 5.74) is 3.74. The highest BCUT2D eigenvalue weighted by atomic mass is 35.5. The van der Waals surface area contributed by atoms with Gasteiger partial charge in [-0.05, 0) is 43.4 Å². The second-order valence-corrected chi connectivity index (χ2v) is 6.30. The van der Waals surface area contributed by atoms with Crippen LogP contribution in [0.15, 0.2) is 30.5 Å². The van der Waals surface area contributed by atoms with Crippen LogP contribution in [0.3, 0.4) is 0 Å². The molecule has 23 heavy (non-hydrogen) atoms. The molecule has 1 aromatic carbocycles. The molecule has 2 heterocycles. The number of aryl methyl sites for hydroxylation is 1. The van der Waals surface area contributed by atoms with Crippen LogP contribution < -0.4 is 4.90 Å². The average molecular weight is 332 g/mol. The fraction of sp³-hybridized carbons (Fsp3) is 0.353. The van der Waals surface area contributed by atoms with Gasteiger partial charge in [0.05, 0.1) is 16.0 Å². The summed E-state index contributed by atoms with van der Waals surface area (Å²) in [6.45, 7) is 5.09. The highest BCUT2D eigenvalue weighted by Crippen LogP contribution is 2.40. The Bertz CT molecular complexity index is 763. The molecule has 0 spiro atoms. The van der Waals surface area contributed by atoms with Crippen molar-refractivity contribution < 1.29 is 4.92 Å². The van der Waals surface area contributed by atoms with Crippen molar-refractivity contribution in [3.05, 3.63) is 62.3 Å². The average Bonchev–Trinajstić information content (AvgIpc) is 2.99. The van der Waals surface area contributed by atoms with Crippen molar-refractivity contribution in [3.63, 3.8) is 0 Å². The van der Waals surface area contributed by atoms with Gasteiger partial charge in [-0.1, -0.05) is 29.8 Å². The van der Waals surface area contributed by atoms with E-state index in [1.807, 2.05) is 0 Å². The molecule has 0 saturated carbocycles. The number of aromatic nitrogens is 1. The van der Waals surface area contributed by atoms with Crippen LogP contribution in [0.5, 0.6) is 0 Å². The standard InChI is InChI=1S/C17H18ClN3O2/c1-11-5-3-6-14(12(11)2)16-7-4-8-20(16)17-15(18)9-13(10-19-17)21(22)23/h3,5-6,9-10,16H,4,7-8H2,1-2H3. The van der Waals surface area contributed by atoms with Gasteiger partial charge in [-0.2, -0.15) is 0 Å². The number of benzene rings is 1. The Labute approximate surface area is 140 Å². The van der Waals surface area contributed by atoms with Crippen molar-refractivity contribution in [2.75, 3.05) is 11.4 Å². The fourth-order valence-electron chi connectivity index (χ4n) is 3.21. The van der Waals surface area contributed by atoms with Crippen LogP contribution in [0.25, 0.3) is 0 Å². The highest BCUT2D eigenvalue weighted by Gasteiger charge is 2.30. The molecule has 1 saturated heterocycles. The van der Waals surface area contributed by atoms with Crippen LogP contribution in [-0.4, -0.2) is 16.5 Å². The van der Waals surface area contributed by atoms with Gasteiger partial charge >= 0.3 is 0 Å².